The Morgan fingerprint density at radius 2 is 1.97 bits per heavy atom. The van der Waals surface area contributed by atoms with Gasteiger partial charge in [-0.25, -0.2) is 4.39 Å². The van der Waals surface area contributed by atoms with Crippen molar-refractivity contribution in [1.82, 2.24) is 10.3 Å². The number of amides is 1. The van der Waals surface area contributed by atoms with E-state index in [9.17, 15) is 14.3 Å². The van der Waals surface area contributed by atoms with Crippen LogP contribution in [0, 0.1) is 5.82 Å². The Morgan fingerprint density at radius 1 is 1.21 bits per heavy atom. The highest BCUT2D eigenvalue weighted by atomic mass is 32.1. The van der Waals surface area contributed by atoms with Gasteiger partial charge < -0.3 is 10.4 Å². The molecule has 2 N–H and O–H groups in total. The van der Waals surface area contributed by atoms with Gasteiger partial charge in [0.05, 0.1) is 11.6 Å². The summed E-state index contributed by atoms with van der Waals surface area (Å²) in [6, 6.07) is 12.3. The molecule has 148 valence electrons. The highest BCUT2D eigenvalue weighted by Gasteiger charge is 2.22. The topological polar surface area (TPSA) is 62.2 Å². The van der Waals surface area contributed by atoms with E-state index < -0.39 is 6.10 Å². The lowest BCUT2D eigenvalue weighted by molar-refractivity contribution is 0.0928. The zero-order valence-corrected chi connectivity index (χ0v) is 17.0. The van der Waals surface area contributed by atoms with Gasteiger partial charge in [0, 0.05) is 33.8 Å². The molecule has 29 heavy (non-hydrogen) atoms. The summed E-state index contributed by atoms with van der Waals surface area (Å²) in [6.07, 6.45) is 2.05. The number of aryl methyl sites for hydroxylation is 1. The fourth-order valence-electron chi connectivity index (χ4n) is 3.38. The van der Waals surface area contributed by atoms with Gasteiger partial charge in [0.1, 0.15) is 10.7 Å². The van der Waals surface area contributed by atoms with E-state index in [4.69, 9.17) is 0 Å². The van der Waals surface area contributed by atoms with Gasteiger partial charge in [0.25, 0.3) is 5.91 Å². The molecule has 0 saturated carbocycles. The molecule has 4 nitrogen and oxygen atoms in total. The van der Waals surface area contributed by atoms with Crippen LogP contribution in [0.15, 0.2) is 48.7 Å². The lowest BCUT2D eigenvalue weighted by Crippen LogP contribution is -2.30. The molecular formula is C23H21FN2O2S. The van der Waals surface area contributed by atoms with Gasteiger partial charge in [0.2, 0.25) is 0 Å². The summed E-state index contributed by atoms with van der Waals surface area (Å²) in [6.45, 7) is 3.88. The molecule has 4 aromatic rings. The van der Waals surface area contributed by atoms with E-state index in [1.807, 2.05) is 6.07 Å². The van der Waals surface area contributed by atoms with Crippen molar-refractivity contribution in [3.8, 4) is 11.1 Å². The van der Waals surface area contributed by atoms with E-state index in [1.54, 1.807) is 25.3 Å². The number of aromatic nitrogens is 1. The molecule has 6 heteroatoms. The number of carbonyl (C=O) groups is 1. The summed E-state index contributed by atoms with van der Waals surface area (Å²) in [7, 11) is 0. The first-order valence-electron chi connectivity index (χ1n) is 9.54. The molecule has 1 atom stereocenters. The van der Waals surface area contributed by atoms with Crippen molar-refractivity contribution in [3.63, 3.8) is 0 Å². The van der Waals surface area contributed by atoms with Crippen LogP contribution in [0.4, 0.5) is 4.39 Å². The van der Waals surface area contributed by atoms with E-state index >= 15 is 0 Å². The summed E-state index contributed by atoms with van der Waals surface area (Å²) in [5.74, 6) is -0.587. The second-order valence-electron chi connectivity index (χ2n) is 7.08. The smallest absolute Gasteiger partial charge is 0.262 e. The molecule has 2 heterocycles. The second kappa shape index (κ2) is 7.89. The van der Waals surface area contributed by atoms with Crippen LogP contribution in [0.3, 0.4) is 0 Å². The van der Waals surface area contributed by atoms with Gasteiger partial charge in [0.15, 0.2) is 0 Å². The summed E-state index contributed by atoms with van der Waals surface area (Å²) < 4.78 is 14.5. The van der Waals surface area contributed by atoms with Gasteiger partial charge in [-0.15, -0.1) is 11.3 Å². The van der Waals surface area contributed by atoms with Crippen molar-refractivity contribution in [2.24, 2.45) is 0 Å². The molecule has 0 saturated heterocycles. The van der Waals surface area contributed by atoms with E-state index in [1.165, 1.54) is 29.0 Å². The predicted molar refractivity (Wildman–Crippen MR) is 116 cm³/mol. The number of fused-ring (bicyclic) bond motifs is 3. The van der Waals surface area contributed by atoms with E-state index in [2.05, 4.69) is 29.4 Å². The predicted octanol–water partition coefficient (Wildman–Crippen LogP) is 4.93. The second-order valence-corrected chi connectivity index (χ2v) is 8.10. The molecular weight excluding hydrogens is 387 g/mol. The van der Waals surface area contributed by atoms with Crippen molar-refractivity contribution < 1.29 is 14.3 Å². The Balaban J connectivity index is 1.98. The number of thiophene rings is 1. The van der Waals surface area contributed by atoms with Crippen molar-refractivity contribution in [2.45, 2.75) is 26.4 Å². The van der Waals surface area contributed by atoms with Crippen LogP contribution in [0.25, 0.3) is 32.1 Å². The summed E-state index contributed by atoms with van der Waals surface area (Å²) in [5, 5.41) is 14.2. The number of hydrogen-bond donors (Lipinski definition) is 2. The van der Waals surface area contributed by atoms with Gasteiger partial charge in [-0.05, 0) is 48.7 Å². The third-order valence-corrected chi connectivity index (χ3v) is 6.13. The first-order chi connectivity index (χ1) is 14.0. The van der Waals surface area contributed by atoms with E-state index in [0.29, 0.717) is 4.88 Å². The maximum absolute atomic E-state index is 13.5. The number of nitrogens with one attached hydrogen (secondary N) is 1. The van der Waals surface area contributed by atoms with Crippen LogP contribution < -0.4 is 5.32 Å². The Labute approximate surface area is 172 Å². The van der Waals surface area contributed by atoms with E-state index in [0.717, 1.165) is 38.5 Å². The number of aliphatic hydroxyl groups excluding tert-OH is 1. The molecule has 0 unspecified atom stereocenters. The molecule has 2 aromatic carbocycles. The third kappa shape index (κ3) is 3.73. The van der Waals surface area contributed by atoms with Crippen LogP contribution in [0.2, 0.25) is 0 Å². The van der Waals surface area contributed by atoms with Gasteiger partial charge in [-0.3, -0.25) is 9.78 Å². The maximum Gasteiger partial charge on any atom is 0.262 e. The number of halogens is 1. The van der Waals surface area contributed by atoms with Crippen LogP contribution in [-0.2, 0) is 6.42 Å². The largest absolute Gasteiger partial charge is 0.392 e. The normalized spacial score (nSPS) is 12.4. The standard InChI is InChI=1S/C23H21FN2O2S/c1-3-14-4-9-19-17(10-14)21-18(12-25-19)20(15-5-7-16(24)8-6-15)22(29-21)23(28)26-11-13(2)27/h4-10,12-13,27H,3,11H2,1-2H3,(H,26,28)/t13-/m0/s1. The number of hydrogen-bond acceptors (Lipinski definition) is 4. The lowest BCUT2D eigenvalue weighted by atomic mass is 10.0. The van der Waals surface area contributed by atoms with Gasteiger partial charge in [-0.2, -0.15) is 0 Å². The zero-order valence-electron chi connectivity index (χ0n) is 16.2. The van der Waals surface area contributed by atoms with E-state index in [-0.39, 0.29) is 18.3 Å². The minimum Gasteiger partial charge on any atom is -0.392 e. The first kappa shape index (κ1) is 19.5. The molecule has 4 rings (SSSR count). The molecule has 1 amide bonds. The Kier molecular flexibility index (Phi) is 5.30. The highest BCUT2D eigenvalue weighted by Crippen LogP contribution is 2.41. The maximum atomic E-state index is 13.5. The third-order valence-electron chi connectivity index (χ3n) is 4.89. The fourth-order valence-corrected chi connectivity index (χ4v) is 4.62. The number of carbonyl (C=O) groups excluding carboxylic acids is 1. The molecule has 0 aliphatic rings. The average Bonchev–Trinajstić information content (AvgIpc) is 3.12. The highest BCUT2D eigenvalue weighted by molar-refractivity contribution is 7.22. The Hall–Kier alpha value is -2.83. The molecule has 0 spiro atoms. The number of benzene rings is 2. The van der Waals surface area contributed by atoms with Gasteiger partial charge in [-0.1, -0.05) is 25.1 Å². The van der Waals surface area contributed by atoms with Crippen LogP contribution in [0.5, 0.6) is 0 Å². The van der Waals surface area contributed by atoms with Crippen molar-refractivity contribution in [2.75, 3.05) is 6.54 Å². The van der Waals surface area contributed by atoms with Gasteiger partial charge >= 0.3 is 0 Å². The molecule has 2 aromatic heterocycles. The molecule has 0 aliphatic carbocycles. The molecule has 0 aliphatic heterocycles. The number of pyridine rings is 1. The van der Waals surface area contributed by atoms with Crippen LogP contribution in [-0.4, -0.2) is 28.6 Å². The average molecular weight is 408 g/mol. The number of rotatable bonds is 5. The zero-order chi connectivity index (χ0) is 20.5. The molecule has 0 fully saturated rings. The van der Waals surface area contributed by atoms with Crippen molar-refractivity contribution >= 4 is 38.2 Å². The quantitative estimate of drug-likeness (QED) is 0.492. The Morgan fingerprint density at radius 3 is 2.66 bits per heavy atom. The number of nitrogens with zero attached hydrogens (tertiary/aromatic N) is 1. The summed E-state index contributed by atoms with van der Waals surface area (Å²) in [4.78, 5) is 18.1. The van der Waals surface area contributed by atoms with Crippen LogP contribution >= 0.6 is 11.3 Å². The number of aliphatic hydroxyl groups is 1. The Bertz CT molecular complexity index is 1200. The monoisotopic (exact) mass is 408 g/mol. The summed E-state index contributed by atoms with van der Waals surface area (Å²) >= 11 is 1.40. The minimum atomic E-state index is -0.641. The van der Waals surface area contributed by atoms with Crippen molar-refractivity contribution in [3.05, 3.63) is 64.9 Å². The molecule has 0 radical (unpaired) electrons. The lowest BCUT2D eigenvalue weighted by Gasteiger charge is -2.08. The fraction of sp³-hybridized carbons (Fsp3) is 0.217. The minimum absolute atomic E-state index is 0.162. The first-order valence-corrected chi connectivity index (χ1v) is 10.4. The summed E-state index contributed by atoms with van der Waals surface area (Å²) in [5.41, 5.74) is 3.57. The van der Waals surface area contributed by atoms with Crippen molar-refractivity contribution in [1.29, 1.82) is 0 Å². The SMILES string of the molecule is CCc1ccc2ncc3c(-c4ccc(F)cc4)c(C(=O)NC[C@H](C)O)sc3c2c1. The molecule has 0 bridgehead atoms. The van der Waals surface area contributed by atoms with Crippen LogP contribution in [0.1, 0.15) is 29.1 Å².